The molecule has 0 aromatic rings. The molecule has 1 fully saturated rings. The van der Waals surface area contributed by atoms with Crippen molar-refractivity contribution in [3.8, 4) is 0 Å². The molecular weight excluding hydrogens is 128 g/mol. The highest BCUT2D eigenvalue weighted by atomic mass is 29.2. The summed E-state index contributed by atoms with van der Waals surface area (Å²) in [4.78, 5) is 0. The minimum absolute atomic E-state index is 0.452. The lowest BCUT2D eigenvalue weighted by Gasteiger charge is -2.26. The second kappa shape index (κ2) is 2.35. The molecule has 0 amide bonds. The average molecular weight is 144 g/mol. The summed E-state index contributed by atoms with van der Waals surface area (Å²) in [5.74, 6) is 0. The van der Waals surface area contributed by atoms with Gasteiger partial charge in [0, 0.05) is 7.59 Å². The molecule has 2 heteroatoms. The Kier molecular flexibility index (Phi) is 1.93. The molecule has 0 unspecified atom stereocenters. The Bertz CT molecular complexity index is 70.6. The molecule has 0 spiro atoms. The van der Waals surface area contributed by atoms with Crippen LogP contribution in [0.5, 0.6) is 0 Å². The summed E-state index contributed by atoms with van der Waals surface area (Å²) in [6.07, 6.45) is 4.66. The van der Waals surface area contributed by atoms with Gasteiger partial charge in [-0.3, -0.25) is 0 Å². The number of hydrogen-bond acceptors (Lipinski definition) is 0. The molecule has 0 aliphatic carbocycles. The lowest BCUT2D eigenvalue weighted by Crippen LogP contribution is -2.32. The first kappa shape index (κ1) is 6.55. The molecule has 0 aromatic heterocycles. The summed E-state index contributed by atoms with van der Waals surface area (Å²) in [5.41, 5.74) is 0. The minimum atomic E-state index is -0.452. The van der Waals surface area contributed by atoms with Crippen molar-refractivity contribution in [2.24, 2.45) is 0 Å². The molecule has 1 aliphatic heterocycles. The summed E-state index contributed by atoms with van der Waals surface area (Å²) < 4.78 is 0. The average Bonchev–Trinajstić information content (AvgIpc) is 1.65. The quantitative estimate of drug-likeness (QED) is 0.447. The number of rotatable bonds is 0. The van der Waals surface area contributed by atoms with Gasteiger partial charge in [-0.25, -0.2) is 0 Å². The van der Waals surface area contributed by atoms with Crippen LogP contribution in [0.2, 0.25) is 18.6 Å². The van der Waals surface area contributed by atoms with Gasteiger partial charge < -0.3 is 0 Å². The lowest BCUT2D eigenvalue weighted by molar-refractivity contribution is 0.721. The highest BCUT2D eigenvalue weighted by molar-refractivity contribution is 7.16. The van der Waals surface area contributed by atoms with Crippen molar-refractivity contribution in [2.75, 3.05) is 0 Å². The first-order valence-electron chi connectivity index (χ1n) is 3.71. The van der Waals surface area contributed by atoms with Gasteiger partial charge in [-0.05, 0) is 9.76 Å². The van der Waals surface area contributed by atoms with Gasteiger partial charge in [0.15, 0.2) is 0 Å². The molecular formula is C6H16Si2. The van der Waals surface area contributed by atoms with Crippen LogP contribution in [0.25, 0.3) is 0 Å². The fraction of sp³-hybridized carbons (Fsp3) is 1.00. The maximum Gasteiger partial charge on any atom is 0.0332 e. The van der Waals surface area contributed by atoms with Crippen LogP contribution in [0, 0.1) is 0 Å². The second-order valence-electron chi connectivity index (χ2n) is 3.72. The van der Waals surface area contributed by atoms with E-state index >= 15 is 0 Å². The van der Waals surface area contributed by atoms with Crippen molar-refractivity contribution < 1.29 is 0 Å². The third-order valence-corrected chi connectivity index (χ3v) is 8.62. The van der Waals surface area contributed by atoms with Crippen molar-refractivity contribution in [3.63, 3.8) is 0 Å². The normalized spacial score (nSPS) is 28.1. The van der Waals surface area contributed by atoms with Crippen molar-refractivity contribution in [3.05, 3.63) is 0 Å². The van der Waals surface area contributed by atoms with Gasteiger partial charge in [0.05, 0.1) is 0 Å². The van der Waals surface area contributed by atoms with Gasteiger partial charge in [-0.15, -0.1) is 0 Å². The Hall–Kier alpha value is 0.434. The third-order valence-electron chi connectivity index (χ3n) is 2.21. The van der Waals surface area contributed by atoms with E-state index in [4.69, 9.17) is 0 Å². The van der Waals surface area contributed by atoms with E-state index in [1.54, 1.807) is 34.7 Å². The van der Waals surface area contributed by atoms with Gasteiger partial charge in [-0.1, -0.05) is 37.9 Å². The van der Waals surface area contributed by atoms with E-state index in [1.165, 1.54) is 6.42 Å². The molecule has 0 N–H and O–H groups in total. The van der Waals surface area contributed by atoms with Crippen LogP contribution in [0.15, 0.2) is 0 Å². The molecule has 0 atom stereocenters. The van der Waals surface area contributed by atoms with Crippen molar-refractivity contribution in [1.82, 2.24) is 0 Å². The first-order valence-corrected chi connectivity index (χ1v) is 10.1. The lowest BCUT2D eigenvalue weighted by atomic mass is 10.3. The Morgan fingerprint density at radius 3 is 1.88 bits per heavy atom. The molecule has 48 valence electrons. The highest BCUT2D eigenvalue weighted by Gasteiger charge is 2.22. The summed E-state index contributed by atoms with van der Waals surface area (Å²) >= 11 is 0. The molecule has 1 rings (SSSR count). The second-order valence-corrected chi connectivity index (χ2v) is 16.3. The van der Waals surface area contributed by atoms with Crippen molar-refractivity contribution >= 4 is 17.4 Å². The molecule has 0 aromatic carbocycles. The Morgan fingerprint density at radius 1 is 1.12 bits per heavy atom. The van der Waals surface area contributed by atoms with Gasteiger partial charge in [0.1, 0.15) is 0 Å². The maximum atomic E-state index is 2.58. The van der Waals surface area contributed by atoms with Crippen molar-refractivity contribution in [2.45, 2.75) is 37.9 Å². The first-order chi connectivity index (χ1) is 3.71. The zero-order valence-corrected chi connectivity index (χ0v) is 9.04. The molecule has 0 radical (unpaired) electrons. The Balaban J connectivity index is 2.33. The van der Waals surface area contributed by atoms with Crippen LogP contribution >= 0.6 is 0 Å². The minimum Gasteiger partial charge on any atom is -0.0718 e. The van der Waals surface area contributed by atoms with E-state index in [-0.39, 0.29) is 0 Å². The van der Waals surface area contributed by atoms with Gasteiger partial charge in [0.2, 0.25) is 0 Å². The van der Waals surface area contributed by atoms with E-state index < -0.39 is 7.59 Å². The van der Waals surface area contributed by atoms with Crippen molar-refractivity contribution in [1.29, 1.82) is 0 Å². The molecule has 8 heavy (non-hydrogen) atoms. The van der Waals surface area contributed by atoms with Crippen LogP contribution < -0.4 is 0 Å². The maximum absolute atomic E-state index is 2.58. The number of hydrogen-bond donors (Lipinski definition) is 0. The fourth-order valence-corrected chi connectivity index (χ4v) is 6.29. The summed E-state index contributed by atoms with van der Waals surface area (Å²) in [6.45, 7) is 2.58. The topological polar surface area (TPSA) is 0 Å². The zero-order valence-electron chi connectivity index (χ0n) is 6.04. The predicted molar refractivity (Wildman–Crippen MR) is 45.0 cm³/mol. The van der Waals surface area contributed by atoms with Gasteiger partial charge >= 0.3 is 0 Å². The molecule has 0 saturated carbocycles. The third kappa shape index (κ3) is 1.74. The SMILES string of the molecule is C[Si]1([SiH3])CCCCC1. The van der Waals surface area contributed by atoms with E-state index in [9.17, 15) is 0 Å². The fourth-order valence-electron chi connectivity index (χ4n) is 1.51. The van der Waals surface area contributed by atoms with E-state index in [2.05, 4.69) is 6.55 Å². The van der Waals surface area contributed by atoms with Gasteiger partial charge in [0.25, 0.3) is 0 Å². The zero-order chi connectivity index (χ0) is 6.04. The van der Waals surface area contributed by atoms with Crippen LogP contribution in [0.1, 0.15) is 19.3 Å². The van der Waals surface area contributed by atoms with Crippen LogP contribution in [0.4, 0.5) is 0 Å². The standard InChI is InChI=1S/C6H16Si2/c1-8(7)5-3-2-4-6-8/h2-6H2,1,7H3. The smallest absolute Gasteiger partial charge is 0.0332 e. The van der Waals surface area contributed by atoms with Crippen LogP contribution in [0.3, 0.4) is 0 Å². The predicted octanol–water partition coefficient (Wildman–Crippen LogP) is 1.11. The Labute approximate surface area is 55.9 Å². The molecule has 1 aliphatic rings. The summed E-state index contributed by atoms with van der Waals surface area (Å²) in [7, 11) is 1.10. The molecule has 0 nitrogen and oxygen atoms in total. The highest BCUT2D eigenvalue weighted by Crippen LogP contribution is 2.24. The van der Waals surface area contributed by atoms with E-state index in [1.807, 2.05) is 0 Å². The molecule has 1 saturated heterocycles. The summed E-state index contributed by atoms with van der Waals surface area (Å²) in [6, 6.07) is 3.30. The Morgan fingerprint density at radius 2 is 1.62 bits per heavy atom. The summed E-state index contributed by atoms with van der Waals surface area (Å²) in [5, 5.41) is 0. The molecule has 0 bridgehead atoms. The van der Waals surface area contributed by atoms with Gasteiger partial charge in [-0.2, -0.15) is 0 Å². The van der Waals surface area contributed by atoms with E-state index in [0.717, 1.165) is 0 Å². The molecule has 1 heterocycles. The van der Waals surface area contributed by atoms with E-state index in [0.29, 0.717) is 0 Å². The largest absolute Gasteiger partial charge is 0.0718 e. The monoisotopic (exact) mass is 144 g/mol. The van der Waals surface area contributed by atoms with Crippen LogP contribution in [-0.4, -0.2) is 17.4 Å². The van der Waals surface area contributed by atoms with Crippen LogP contribution in [-0.2, 0) is 0 Å².